The molecular weight excluding hydrogens is 342 g/mol. The van der Waals surface area contributed by atoms with Crippen molar-refractivity contribution in [2.24, 2.45) is 5.92 Å². The SMILES string of the molecule is O=C(NCC1CCN(CC2COc3ccccc3O2)CC1)c1ccccn1. The molecule has 2 aromatic rings. The molecule has 1 saturated heterocycles. The summed E-state index contributed by atoms with van der Waals surface area (Å²) < 4.78 is 11.9. The quantitative estimate of drug-likeness (QED) is 0.879. The highest BCUT2D eigenvalue weighted by atomic mass is 16.6. The number of pyridine rings is 1. The monoisotopic (exact) mass is 367 g/mol. The van der Waals surface area contributed by atoms with Gasteiger partial charge in [-0.15, -0.1) is 0 Å². The van der Waals surface area contributed by atoms with Crippen LogP contribution in [0.3, 0.4) is 0 Å². The molecule has 1 N–H and O–H groups in total. The van der Waals surface area contributed by atoms with Crippen LogP contribution in [0, 0.1) is 5.92 Å². The molecule has 1 atom stereocenters. The Morgan fingerprint density at radius 3 is 2.67 bits per heavy atom. The Hall–Kier alpha value is -2.60. The van der Waals surface area contributed by atoms with Crippen molar-refractivity contribution in [2.75, 3.05) is 32.8 Å². The van der Waals surface area contributed by atoms with Gasteiger partial charge in [0.05, 0.1) is 0 Å². The summed E-state index contributed by atoms with van der Waals surface area (Å²) in [6.07, 6.45) is 3.86. The minimum absolute atomic E-state index is 0.0697. The molecule has 1 aromatic heterocycles. The number of amides is 1. The van der Waals surface area contributed by atoms with Gasteiger partial charge in [-0.05, 0) is 56.1 Å². The number of nitrogens with zero attached hydrogens (tertiary/aromatic N) is 2. The Kier molecular flexibility index (Phi) is 5.53. The smallest absolute Gasteiger partial charge is 0.269 e. The lowest BCUT2D eigenvalue weighted by molar-refractivity contribution is 0.0476. The molecule has 0 bridgehead atoms. The lowest BCUT2D eigenvalue weighted by atomic mass is 9.96. The largest absolute Gasteiger partial charge is 0.486 e. The normalized spacial score (nSPS) is 20.2. The number of piperidine rings is 1. The van der Waals surface area contributed by atoms with E-state index in [4.69, 9.17) is 9.47 Å². The number of benzene rings is 1. The maximum Gasteiger partial charge on any atom is 0.269 e. The number of hydrogen-bond acceptors (Lipinski definition) is 5. The van der Waals surface area contributed by atoms with E-state index in [0.29, 0.717) is 24.8 Å². The van der Waals surface area contributed by atoms with E-state index < -0.39 is 0 Å². The van der Waals surface area contributed by atoms with E-state index in [9.17, 15) is 4.79 Å². The molecule has 0 aliphatic carbocycles. The predicted octanol–water partition coefficient (Wildman–Crippen LogP) is 2.36. The summed E-state index contributed by atoms with van der Waals surface area (Å²) in [4.78, 5) is 18.6. The van der Waals surface area contributed by atoms with Crippen molar-refractivity contribution in [2.45, 2.75) is 18.9 Å². The summed E-state index contributed by atoms with van der Waals surface area (Å²) in [7, 11) is 0. The van der Waals surface area contributed by atoms with E-state index in [1.165, 1.54) is 0 Å². The van der Waals surface area contributed by atoms with Gasteiger partial charge in [-0.25, -0.2) is 0 Å². The fraction of sp³-hybridized carbons (Fsp3) is 0.429. The summed E-state index contributed by atoms with van der Waals surface area (Å²) in [5.74, 6) is 2.08. The number of nitrogens with one attached hydrogen (secondary N) is 1. The summed E-state index contributed by atoms with van der Waals surface area (Å²) in [5.41, 5.74) is 0.477. The molecule has 27 heavy (non-hydrogen) atoms. The second kappa shape index (κ2) is 8.39. The van der Waals surface area contributed by atoms with Gasteiger partial charge in [0.2, 0.25) is 0 Å². The molecule has 3 heterocycles. The van der Waals surface area contributed by atoms with Gasteiger partial charge in [0, 0.05) is 19.3 Å². The number of para-hydroxylation sites is 2. The highest BCUT2D eigenvalue weighted by molar-refractivity contribution is 5.92. The van der Waals surface area contributed by atoms with Gasteiger partial charge in [0.15, 0.2) is 11.5 Å². The highest BCUT2D eigenvalue weighted by Gasteiger charge is 2.26. The van der Waals surface area contributed by atoms with Gasteiger partial charge in [-0.2, -0.15) is 0 Å². The first-order valence-corrected chi connectivity index (χ1v) is 9.58. The molecule has 2 aliphatic rings. The van der Waals surface area contributed by atoms with Crippen LogP contribution in [0.1, 0.15) is 23.3 Å². The standard InChI is InChI=1S/C21H25N3O3/c25-21(18-5-3-4-10-22-18)23-13-16-8-11-24(12-9-16)14-17-15-26-19-6-1-2-7-20(19)27-17/h1-7,10,16-17H,8-9,11-15H2,(H,23,25). The number of hydrogen-bond donors (Lipinski definition) is 1. The van der Waals surface area contributed by atoms with Crippen LogP contribution in [-0.2, 0) is 0 Å². The molecule has 0 spiro atoms. The maximum absolute atomic E-state index is 12.1. The maximum atomic E-state index is 12.1. The molecule has 0 radical (unpaired) electrons. The van der Waals surface area contributed by atoms with E-state index in [1.807, 2.05) is 36.4 Å². The van der Waals surface area contributed by atoms with E-state index in [0.717, 1.165) is 44.0 Å². The molecule has 1 aromatic carbocycles. The van der Waals surface area contributed by atoms with Crippen LogP contribution in [0.25, 0.3) is 0 Å². The number of fused-ring (bicyclic) bond motifs is 1. The zero-order valence-electron chi connectivity index (χ0n) is 15.3. The Morgan fingerprint density at radius 2 is 1.89 bits per heavy atom. The second-order valence-corrected chi connectivity index (χ2v) is 7.17. The summed E-state index contributed by atoms with van der Waals surface area (Å²) in [6, 6.07) is 13.2. The summed E-state index contributed by atoms with van der Waals surface area (Å²) in [6.45, 7) is 4.22. The molecule has 1 fully saturated rings. The van der Waals surface area contributed by atoms with Gasteiger partial charge in [0.1, 0.15) is 18.4 Å². The topological polar surface area (TPSA) is 63.7 Å². The van der Waals surface area contributed by atoms with Crippen LogP contribution in [0.2, 0.25) is 0 Å². The van der Waals surface area contributed by atoms with Crippen molar-refractivity contribution in [3.63, 3.8) is 0 Å². The Morgan fingerprint density at radius 1 is 1.11 bits per heavy atom. The third-order valence-electron chi connectivity index (χ3n) is 5.19. The zero-order valence-corrected chi connectivity index (χ0v) is 15.3. The fourth-order valence-corrected chi connectivity index (χ4v) is 3.64. The number of rotatable bonds is 5. The average Bonchev–Trinajstić information content (AvgIpc) is 2.73. The Balaban J connectivity index is 1.19. The number of likely N-dealkylation sites (tertiary alicyclic amines) is 1. The van der Waals surface area contributed by atoms with Crippen molar-refractivity contribution in [3.8, 4) is 11.5 Å². The molecular formula is C21H25N3O3. The molecule has 2 aliphatic heterocycles. The lowest BCUT2D eigenvalue weighted by Crippen LogP contribution is -2.45. The Labute approximate surface area is 159 Å². The molecule has 0 saturated carbocycles. The van der Waals surface area contributed by atoms with E-state index >= 15 is 0 Å². The summed E-state index contributed by atoms with van der Waals surface area (Å²) in [5, 5.41) is 3.01. The minimum atomic E-state index is -0.0931. The van der Waals surface area contributed by atoms with Gasteiger partial charge in [-0.3, -0.25) is 14.7 Å². The lowest BCUT2D eigenvalue weighted by Gasteiger charge is -2.35. The van der Waals surface area contributed by atoms with Crippen molar-refractivity contribution < 1.29 is 14.3 Å². The first-order valence-electron chi connectivity index (χ1n) is 9.58. The Bertz CT molecular complexity index is 760. The molecule has 142 valence electrons. The summed E-state index contributed by atoms with van der Waals surface area (Å²) >= 11 is 0. The molecule has 1 amide bonds. The molecule has 4 rings (SSSR count). The number of carbonyl (C=O) groups excluding carboxylic acids is 1. The van der Waals surface area contributed by atoms with Crippen LogP contribution >= 0.6 is 0 Å². The molecule has 6 heteroatoms. The van der Waals surface area contributed by atoms with Crippen molar-refractivity contribution in [1.29, 1.82) is 0 Å². The van der Waals surface area contributed by atoms with Gasteiger partial charge in [-0.1, -0.05) is 18.2 Å². The molecule has 1 unspecified atom stereocenters. The highest BCUT2D eigenvalue weighted by Crippen LogP contribution is 2.31. The first-order chi connectivity index (χ1) is 13.3. The van der Waals surface area contributed by atoms with E-state index in [1.54, 1.807) is 12.3 Å². The number of aromatic nitrogens is 1. The van der Waals surface area contributed by atoms with Crippen molar-refractivity contribution >= 4 is 5.91 Å². The van der Waals surface area contributed by atoms with Crippen molar-refractivity contribution in [3.05, 3.63) is 54.4 Å². The van der Waals surface area contributed by atoms with Gasteiger partial charge < -0.3 is 14.8 Å². The second-order valence-electron chi connectivity index (χ2n) is 7.17. The van der Waals surface area contributed by atoms with Gasteiger partial charge in [0.25, 0.3) is 5.91 Å². The van der Waals surface area contributed by atoms with Crippen LogP contribution in [0.15, 0.2) is 48.7 Å². The van der Waals surface area contributed by atoms with E-state index in [-0.39, 0.29) is 12.0 Å². The van der Waals surface area contributed by atoms with Crippen LogP contribution in [-0.4, -0.2) is 54.7 Å². The van der Waals surface area contributed by atoms with Crippen LogP contribution < -0.4 is 14.8 Å². The predicted molar refractivity (Wildman–Crippen MR) is 102 cm³/mol. The fourth-order valence-electron chi connectivity index (χ4n) is 3.64. The van der Waals surface area contributed by atoms with Crippen LogP contribution in [0.4, 0.5) is 0 Å². The average molecular weight is 367 g/mol. The van der Waals surface area contributed by atoms with Crippen molar-refractivity contribution in [1.82, 2.24) is 15.2 Å². The molecule has 6 nitrogen and oxygen atoms in total. The number of carbonyl (C=O) groups is 1. The number of ether oxygens (including phenoxy) is 2. The van der Waals surface area contributed by atoms with E-state index in [2.05, 4.69) is 15.2 Å². The first kappa shape index (κ1) is 17.8. The minimum Gasteiger partial charge on any atom is -0.486 e. The third-order valence-corrected chi connectivity index (χ3v) is 5.19. The van der Waals surface area contributed by atoms with Crippen LogP contribution in [0.5, 0.6) is 11.5 Å². The van der Waals surface area contributed by atoms with Gasteiger partial charge >= 0.3 is 0 Å². The third kappa shape index (κ3) is 4.57. The zero-order chi connectivity index (χ0) is 18.5.